The zero-order valence-corrected chi connectivity index (χ0v) is 15.8. The molecular weight excluding hydrogens is 393 g/mol. The van der Waals surface area contributed by atoms with Crippen LogP contribution < -0.4 is 10.1 Å². The van der Waals surface area contributed by atoms with Gasteiger partial charge in [0.25, 0.3) is 5.91 Å². The first-order valence-corrected chi connectivity index (χ1v) is 8.89. The fourth-order valence-corrected chi connectivity index (χ4v) is 2.74. The maximum absolute atomic E-state index is 12.3. The SMILES string of the molecule is O=C(Nc1ccc(Cl)c(Cl)c1)c1ccc(OCc2ccccc2Cl)cc1. The molecule has 1 amide bonds. The Hall–Kier alpha value is -2.20. The molecule has 132 valence electrons. The predicted molar refractivity (Wildman–Crippen MR) is 107 cm³/mol. The van der Waals surface area contributed by atoms with Crippen LogP contribution in [0.1, 0.15) is 15.9 Å². The van der Waals surface area contributed by atoms with Crippen LogP contribution in [-0.2, 0) is 6.61 Å². The van der Waals surface area contributed by atoms with Crippen molar-refractivity contribution in [3.05, 3.63) is 92.9 Å². The van der Waals surface area contributed by atoms with Crippen LogP contribution in [0.4, 0.5) is 5.69 Å². The summed E-state index contributed by atoms with van der Waals surface area (Å²) in [5.41, 5.74) is 1.97. The van der Waals surface area contributed by atoms with Crippen molar-refractivity contribution in [1.82, 2.24) is 0 Å². The van der Waals surface area contributed by atoms with Gasteiger partial charge in [-0.1, -0.05) is 53.0 Å². The van der Waals surface area contributed by atoms with E-state index in [4.69, 9.17) is 39.5 Å². The Morgan fingerprint density at radius 2 is 1.58 bits per heavy atom. The summed E-state index contributed by atoms with van der Waals surface area (Å²) >= 11 is 17.9. The Bertz CT molecular complexity index is 927. The lowest BCUT2D eigenvalue weighted by Crippen LogP contribution is -2.11. The van der Waals surface area contributed by atoms with Crippen molar-refractivity contribution in [1.29, 1.82) is 0 Å². The first kappa shape index (κ1) is 18.6. The van der Waals surface area contributed by atoms with Crippen molar-refractivity contribution in [2.45, 2.75) is 6.61 Å². The van der Waals surface area contributed by atoms with Crippen LogP contribution in [0.15, 0.2) is 66.7 Å². The third-order valence-electron chi connectivity index (χ3n) is 3.65. The molecule has 26 heavy (non-hydrogen) atoms. The number of benzene rings is 3. The van der Waals surface area contributed by atoms with E-state index < -0.39 is 0 Å². The van der Waals surface area contributed by atoms with Gasteiger partial charge in [-0.2, -0.15) is 0 Å². The number of carbonyl (C=O) groups is 1. The van der Waals surface area contributed by atoms with Crippen molar-refractivity contribution in [3.63, 3.8) is 0 Å². The molecule has 0 heterocycles. The first-order chi connectivity index (χ1) is 12.5. The van der Waals surface area contributed by atoms with Crippen molar-refractivity contribution in [2.24, 2.45) is 0 Å². The molecule has 3 nitrogen and oxygen atoms in total. The third-order valence-corrected chi connectivity index (χ3v) is 4.75. The van der Waals surface area contributed by atoms with Gasteiger partial charge in [-0.25, -0.2) is 0 Å². The average molecular weight is 407 g/mol. The topological polar surface area (TPSA) is 38.3 Å². The molecule has 0 radical (unpaired) electrons. The summed E-state index contributed by atoms with van der Waals surface area (Å²) in [6.07, 6.45) is 0. The van der Waals surface area contributed by atoms with E-state index >= 15 is 0 Å². The van der Waals surface area contributed by atoms with Crippen molar-refractivity contribution in [2.75, 3.05) is 5.32 Å². The monoisotopic (exact) mass is 405 g/mol. The van der Waals surface area contributed by atoms with Gasteiger partial charge in [-0.15, -0.1) is 0 Å². The lowest BCUT2D eigenvalue weighted by molar-refractivity contribution is 0.102. The van der Waals surface area contributed by atoms with Crippen LogP contribution in [-0.4, -0.2) is 5.91 Å². The van der Waals surface area contributed by atoms with E-state index in [9.17, 15) is 4.79 Å². The number of rotatable bonds is 5. The minimum atomic E-state index is -0.249. The molecule has 0 fully saturated rings. The van der Waals surface area contributed by atoms with E-state index in [-0.39, 0.29) is 5.91 Å². The Morgan fingerprint density at radius 3 is 2.27 bits per heavy atom. The largest absolute Gasteiger partial charge is 0.489 e. The van der Waals surface area contributed by atoms with Gasteiger partial charge in [0.1, 0.15) is 12.4 Å². The van der Waals surface area contributed by atoms with Gasteiger partial charge in [0.15, 0.2) is 0 Å². The minimum absolute atomic E-state index is 0.249. The van der Waals surface area contributed by atoms with Gasteiger partial charge in [-0.3, -0.25) is 4.79 Å². The average Bonchev–Trinajstić information content (AvgIpc) is 2.64. The molecule has 3 aromatic carbocycles. The second-order valence-corrected chi connectivity index (χ2v) is 6.71. The van der Waals surface area contributed by atoms with E-state index in [1.165, 1.54) is 0 Å². The van der Waals surface area contributed by atoms with E-state index in [2.05, 4.69) is 5.32 Å². The van der Waals surface area contributed by atoms with Gasteiger partial charge in [-0.05, 0) is 48.5 Å². The maximum atomic E-state index is 12.3. The Labute approximate surface area is 166 Å². The fourth-order valence-electron chi connectivity index (χ4n) is 2.26. The van der Waals surface area contributed by atoms with Crippen LogP contribution in [0.25, 0.3) is 0 Å². The molecule has 0 aliphatic heterocycles. The summed E-state index contributed by atoms with van der Waals surface area (Å²) in [4.78, 5) is 12.3. The molecule has 0 aliphatic rings. The molecule has 0 saturated heterocycles. The minimum Gasteiger partial charge on any atom is -0.489 e. The number of nitrogens with one attached hydrogen (secondary N) is 1. The van der Waals surface area contributed by atoms with Crippen molar-refractivity contribution >= 4 is 46.4 Å². The number of halogens is 3. The summed E-state index contributed by atoms with van der Waals surface area (Å²) in [5.74, 6) is 0.400. The lowest BCUT2D eigenvalue weighted by atomic mass is 10.2. The highest BCUT2D eigenvalue weighted by atomic mass is 35.5. The summed E-state index contributed by atoms with van der Waals surface area (Å²) in [7, 11) is 0. The normalized spacial score (nSPS) is 10.4. The first-order valence-electron chi connectivity index (χ1n) is 7.75. The van der Waals surface area contributed by atoms with Gasteiger partial charge in [0.05, 0.1) is 10.0 Å². The molecule has 0 atom stereocenters. The summed E-state index contributed by atoms with van der Waals surface area (Å²) in [5, 5.41) is 4.25. The highest BCUT2D eigenvalue weighted by Gasteiger charge is 2.08. The molecule has 0 bridgehead atoms. The molecule has 0 spiro atoms. The zero-order valence-electron chi connectivity index (χ0n) is 13.5. The number of ether oxygens (including phenoxy) is 1. The van der Waals surface area contributed by atoms with Gasteiger partial charge >= 0.3 is 0 Å². The van der Waals surface area contributed by atoms with Crippen molar-refractivity contribution < 1.29 is 9.53 Å². The molecule has 0 aliphatic carbocycles. The molecular formula is C20H14Cl3NO2. The zero-order chi connectivity index (χ0) is 18.5. The molecule has 3 aromatic rings. The number of amides is 1. The van der Waals surface area contributed by atoms with Crippen LogP contribution >= 0.6 is 34.8 Å². The van der Waals surface area contributed by atoms with Gasteiger partial charge in [0.2, 0.25) is 0 Å². The van der Waals surface area contributed by atoms with E-state index in [1.54, 1.807) is 42.5 Å². The third kappa shape index (κ3) is 4.70. The molecule has 0 aromatic heterocycles. The second kappa shape index (κ2) is 8.45. The maximum Gasteiger partial charge on any atom is 0.255 e. The summed E-state index contributed by atoms with van der Waals surface area (Å²) in [6.45, 7) is 0.356. The highest BCUT2D eigenvalue weighted by molar-refractivity contribution is 6.42. The quantitative estimate of drug-likeness (QED) is 0.526. The Balaban J connectivity index is 1.62. The number of carbonyl (C=O) groups excluding carboxylic acids is 1. The van der Waals surface area contributed by atoms with Crippen LogP contribution in [0.5, 0.6) is 5.75 Å². The molecule has 0 saturated carbocycles. The molecule has 0 unspecified atom stereocenters. The predicted octanol–water partition coefficient (Wildman–Crippen LogP) is 6.48. The summed E-state index contributed by atoms with van der Waals surface area (Å²) < 4.78 is 5.71. The smallest absolute Gasteiger partial charge is 0.255 e. The highest BCUT2D eigenvalue weighted by Crippen LogP contribution is 2.25. The standard InChI is InChI=1S/C20H14Cl3NO2/c21-17-4-2-1-3-14(17)12-26-16-8-5-13(6-9-16)20(25)24-15-7-10-18(22)19(23)11-15/h1-11H,12H2,(H,24,25). The van der Waals surface area contributed by atoms with Crippen LogP contribution in [0.3, 0.4) is 0 Å². The van der Waals surface area contributed by atoms with Gasteiger partial charge in [0, 0.05) is 21.8 Å². The second-order valence-electron chi connectivity index (χ2n) is 5.49. The van der Waals surface area contributed by atoms with E-state index in [0.717, 1.165) is 5.56 Å². The van der Waals surface area contributed by atoms with Gasteiger partial charge < -0.3 is 10.1 Å². The summed E-state index contributed by atoms with van der Waals surface area (Å²) in [6, 6.07) is 19.3. The molecule has 3 rings (SSSR count). The van der Waals surface area contributed by atoms with Crippen LogP contribution in [0, 0.1) is 0 Å². The lowest BCUT2D eigenvalue weighted by Gasteiger charge is -2.09. The molecule has 1 N–H and O–H groups in total. The number of hydrogen-bond donors (Lipinski definition) is 1. The van der Waals surface area contributed by atoms with Crippen molar-refractivity contribution in [3.8, 4) is 5.75 Å². The van der Waals surface area contributed by atoms with E-state index in [0.29, 0.717) is 38.7 Å². The Kier molecular flexibility index (Phi) is 6.04. The Morgan fingerprint density at radius 1 is 0.846 bits per heavy atom. The molecule has 6 heteroatoms. The number of hydrogen-bond acceptors (Lipinski definition) is 2. The fraction of sp³-hybridized carbons (Fsp3) is 0.0500. The number of anilines is 1. The van der Waals surface area contributed by atoms with E-state index in [1.807, 2.05) is 24.3 Å². The van der Waals surface area contributed by atoms with Crippen LogP contribution in [0.2, 0.25) is 15.1 Å².